The lowest BCUT2D eigenvalue weighted by atomic mass is 9.93. The van der Waals surface area contributed by atoms with Crippen LogP contribution in [0.15, 0.2) is 24.3 Å². The van der Waals surface area contributed by atoms with Crippen molar-refractivity contribution < 1.29 is 4.79 Å². The molecule has 1 aromatic carbocycles. The minimum atomic E-state index is 0.0393. The summed E-state index contributed by atoms with van der Waals surface area (Å²) >= 11 is 0. The lowest BCUT2D eigenvalue weighted by molar-refractivity contribution is -0.121. The van der Waals surface area contributed by atoms with Crippen molar-refractivity contribution in [2.45, 2.75) is 40.2 Å². The SMILES string of the molecule is CNCC(=O)NC(c1ccc(CC(C)C)cc1)C(C)C. The Morgan fingerprint density at radius 2 is 1.70 bits per heavy atom. The molecule has 20 heavy (non-hydrogen) atoms. The molecule has 3 heteroatoms. The third kappa shape index (κ3) is 5.33. The molecule has 1 atom stereocenters. The molecule has 0 saturated carbocycles. The van der Waals surface area contributed by atoms with Crippen LogP contribution < -0.4 is 10.6 Å². The van der Waals surface area contributed by atoms with Gasteiger partial charge in [0.05, 0.1) is 12.6 Å². The summed E-state index contributed by atoms with van der Waals surface area (Å²) in [5.74, 6) is 1.07. The van der Waals surface area contributed by atoms with Crippen LogP contribution in [-0.4, -0.2) is 19.5 Å². The fourth-order valence-corrected chi connectivity index (χ4v) is 2.35. The van der Waals surface area contributed by atoms with Crippen molar-refractivity contribution >= 4 is 5.91 Å². The van der Waals surface area contributed by atoms with Gasteiger partial charge in [0.2, 0.25) is 5.91 Å². The maximum atomic E-state index is 11.8. The van der Waals surface area contributed by atoms with Crippen LogP contribution in [0.5, 0.6) is 0 Å². The van der Waals surface area contributed by atoms with Crippen molar-refractivity contribution in [1.29, 1.82) is 0 Å². The molecule has 0 aliphatic rings. The summed E-state index contributed by atoms with van der Waals surface area (Å²) in [7, 11) is 1.78. The van der Waals surface area contributed by atoms with Crippen molar-refractivity contribution in [1.82, 2.24) is 10.6 Å². The van der Waals surface area contributed by atoms with Crippen molar-refractivity contribution in [2.24, 2.45) is 11.8 Å². The maximum Gasteiger partial charge on any atom is 0.234 e. The quantitative estimate of drug-likeness (QED) is 0.804. The third-order valence-electron chi connectivity index (χ3n) is 3.30. The zero-order chi connectivity index (χ0) is 15.1. The fourth-order valence-electron chi connectivity index (χ4n) is 2.35. The molecule has 1 rings (SSSR count). The van der Waals surface area contributed by atoms with Gasteiger partial charge in [0.25, 0.3) is 0 Å². The van der Waals surface area contributed by atoms with Crippen LogP contribution in [-0.2, 0) is 11.2 Å². The molecule has 0 spiro atoms. The normalized spacial score (nSPS) is 12.8. The molecule has 0 saturated heterocycles. The summed E-state index contributed by atoms with van der Waals surface area (Å²) in [6, 6.07) is 8.71. The van der Waals surface area contributed by atoms with E-state index in [0.717, 1.165) is 6.42 Å². The molecule has 1 unspecified atom stereocenters. The van der Waals surface area contributed by atoms with Gasteiger partial charge < -0.3 is 10.6 Å². The fraction of sp³-hybridized carbons (Fsp3) is 0.588. The lowest BCUT2D eigenvalue weighted by Gasteiger charge is -2.23. The van der Waals surface area contributed by atoms with Crippen molar-refractivity contribution in [3.05, 3.63) is 35.4 Å². The van der Waals surface area contributed by atoms with Crippen molar-refractivity contribution in [3.63, 3.8) is 0 Å². The van der Waals surface area contributed by atoms with E-state index in [1.807, 2.05) is 0 Å². The first-order chi connectivity index (χ1) is 9.43. The van der Waals surface area contributed by atoms with Gasteiger partial charge in [0, 0.05) is 0 Å². The summed E-state index contributed by atoms with van der Waals surface area (Å²) in [5.41, 5.74) is 2.53. The highest BCUT2D eigenvalue weighted by Crippen LogP contribution is 2.22. The number of carbonyl (C=O) groups is 1. The second kappa shape index (κ2) is 8.05. The summed E-state index contributed by atoms with van der Waals surface area (Å²) in [6.07, 6.45) is 1.10. The van der Waals surface area contributed by atoms with E-state index in [1.54, 1.807) is 7.05 Å². The minimum absolute atomic E-state index is 0.0393. The lowest BCUT2D eigenvalue weighted by Crippen LogP contribution is -2.37. The number of likely N-dealkylation sites (N-methyl/N-ethyl adjacent to an activating group) is 1. The maximum absolute atomic E-state index is 11.8. The second-order valence-corrected chi connectivity index (χ2v) is 6.16. The zero-order valence-corrected chi connectivity index (χ0v) is 13.4. The molecule has 112 valence electrons. The largest absolute Gasteiger partial charge is 0.348 e. The molecule has 1 aromatic rings. The van der Waals surface area contributed by atoms with Gasteiger partial charge in [-0.1, -0.05) is 52.0 Å². The standard InChI is InChI=1S/C17H28N2O/c1-12(2)10-14-6-8-15(9-7-14)17(13(3)4)19-16(20)11-18-5/h6-9,12-13,17-18H,10-11H2,1-5H3,(H,19,20). The molecule has 0 radical (unpaired) electrons. The molecule has 2 N–H and O–H groups in total. The molecular weight excluding hydrogens is 248 g/mol. The van der Waals surface area contributed by atoms with E-state index in [2.05, 4.69) is 62.6 Å². The molecule has 0 aliphatic heterocycles. The molecule has 0 heterocycles. The van der Waals surface area contributed by atoms with E-state index in [9.17, 15) is 4.79 Å². The first-order valence-corrected chi connectivity index (χ1v) is 7.46. The Balaban J connectivity index is 2.79. The van der Waals surface area contributed by atoms with Crippen LogP contribution in [0.3, 0.4) is 0 Å². The average Bonchev–Trinajstić information content (AvgIpc) is 2.36. The number of hydrogen-bond acceptors (Lipinski definition) is 2. The number of amides is 1. The predicted octanol–water partition coefficient (Wildman–Crippen LogP) is 2.92. The third-order valence-corrected chi connectivity index (χ3v) is 3.30. The first-order valence-electron chi connectivity index (χ1n) is 7.46. The molecule has 1 amide bonds. The van der Waals surface area contributed by atoms with Crippen LogP contribution in [0.25, 0.3) is 0 Å². The predicted molar refractivity (Wildman–Crippen MR) is 84.6 cm³/mol. The Morgan fingerprint density at radius 3 is 2.15 bits per heavy atom. The van der Waals surface area contributed by atoms with Gasteiger partial charge in [-0.25, -0.2) is 0 Å². The Morgan fingerprint density at radius 1 is 1.10 bits per heavy atom. The monoisotopic (exact) mass is 276 g/mol. The topological polar surface area (TPSA) is 41.1 Å². The molecular formula is C17H28N2O. The van der Waals surface area contributed by atoms with Crippen molar-refractivity contribution in [2.75, 3.05) is 13.6 Å². The van der Waals surface area contributed by atoms with E-state index in [1.165, 1.54) is 11.1 Å². The number of hydrogen-bond donors (Lipinski definition) is 2. The molecule has 0 fully saturated rings. The molecule has 3 nitrogen and oxygen atoms in total. The number of carbonyl (C=O) groups excluding carboxylic acids is 1. The average molecular weight is 276 g/mol. The smallest absolute Gasteiger partial charge is 0.234 e. The summed E-state index contributed by atoms with van der Waals surface area (Å²) in [5, 5.41) is 5.97. The molecule has 0 bridgehead atoms. The highest BCUT2D eigenvalue weighted by molar-refractivity contribution is 5.78. The van der Waals surface area contributed by atoms with Crippen LogP contribution >= 0.6 is 0 Å². The van der Waals surface area contributed by atoms with Crippen LogP contribution in [0.1, 0.15) is 44.9 Å². The second-order valence-electron chi connectivity index (χ2n) is 6.16. The Labute approximate surface area is 123 Å². The van der Waals surface area contributed by atoms with E-state index >= 15 is 0 Å². The molecule has 0 aliphatic carbocycles. The summed E-state index contributed by atoms with van der Waals surface area (Å²) < 4.78 is 0. The minimum Gasteiger partial charge on any atom is -0.348 e. The number of nitrogens with one attached hydrogen (secondary N) is 2. The van der Waals surface area contributed by atoms with E-state index < -0.39 is 0 Å². The van der Waals surface area contributed by atoms with E-state index in [-0.39, 0.29) is 11.9 Å². The van der Waals surface area contributed by atoms with Gasteiger partial charge in [-0.3, -0.25) is 4.79 Å². The van der Waals surface area contributed by atoms with Gasteiger partial charge in [0.15, 0.2) is 0 Å². The highest BCUT2D eigenvalue weighted by Gasteiger charge is 2.17. The number of rotatable bonds is 7. The van der Waals surface area contributed by atoms with Gasteiger partial charge in [0.1, 0.15) is 0 Å². The zero-order valence-electron chi connectivity index (χ0n) is 13.4. The summed E-state index contributed by atoms with van der Waals surface area (Å²) in [6.45, 7) is 9.07. The Kier molecular flexibility index (Phi) is 6.73. The number of benzene rings is 1. The van der Waals surface area contributed by atoms with Crippen LogP contribution in [0.4, 0.5) is 0 Å². The van der Waals surface area contributed by atoms with E-state index in [0.29, 0.717) is 18.4 Å². The van der Waals surface area contributed by atoms with Gasteiger partial charge in [-0.2, -0.15) is 0 Å². The Hall–Kier alpha value is -1.35. The van der Waals surface area contributed by atoms with Gasteiger partial charge >= 0.3 is 0 Å². The van der Waals surface area contributed by atoms with Gasteiger partial charge in [-0.15, -0.1) is 0 Å². The first kappa shape index (κ1) is 16.7. The highest BCUT2D eigenvalue weighted by atomic mass is 16.1. The Bertz CT molecular complexity index is 410. The molecule has 0 aromatic heterocycles. The van der Waals surface area contributed by atoms with Crippen LogP contribution in [0.2, 0.25) is 0 Å². The van der Waals surface area contributed by atoms with Crippen molar-refractivity contribution in [3.8, 4) is 0 Å². The summed E-state index contributed by atoms with van der Waals surface area (Å²) in [4.78, 5) is 11.8. The van der Waals surface area contributed by atoms with Gasteiger partial charge in [-0.05, 0) is 36.4 Å². The van der Waals surface area contributed by atoms with E-state index in [4.69, 9.17) is 0 Å². The van der Waals surface area contributed by atoms with Crippen LogP contribution in [0, 0.1) is 11.8 Å².